The summed E-state index contributed by atoms with van der Waals surface area (Å²) in [6.45, 7) is 4.52. The van der Waals surface area contributed by atoms with Gasteiger partial charge in [0.25, 0.3) is 0 Å². The molecule has 1 unspecified atom stereocenters. The Hall–Kier alpha value is -1.99. The molecule has 0 aliphatic carbocycles. The summed E-state index contributed by atoms with van der Waals surface area (Å²) in [7, 11) is 1.55. The highest BCUT2D eigenvalue weighted by Crippen LogP contribution is 2.11. The molecule has 0 spiro atoms. The van der Waals surface area contributed by atoms with E-state index in [-0.39, 0.29) is 6.61 Å². The number of aliphatic hydroxyl groups is 1. The zero-order valence-corrected chi connectivity index (χ0v) is 11.9. The minimum absolute atomic E-state index is 0.275. The van der Waals surface area contributed by atoms with Crippen molar-refractivity contribution < 1.29 is 9.84 Å². The van der Waals surface area contributed by atoms with Crippen LogP contribution < -0.4 is 5.32 Å². The molecular formula is C13H19N5O2. The maximum atomic E-state index is 9.59. The molecule has 7 heteroatoms. The summed E-state index contributed by atoms with van der Waals surface area (Å²) in [5, 5.41) is 17.0. The minimum Gasteiger partial charge on any atom is -0.389 e. The first-order valence-corrected chi connectivity index (χ1v) is 6.36. The molecule has 0 aliphatic rings. The van der Waals surface area contributed by atoms with E-state index in [1.807, 2.05) is 19.9 Å². The molecule has 108 valence electrons. The van der Waals surface area contributed by atoms with E-state index in [2.05, 4.69) is 20.4 Å². The predicted molar refractivity (Wildman–Crippen MR) is 75.0 cm³/mol. The Morgan fingerprint density at radius 1 is 1.40 bits per heavy atom. The number of ether oxygens (including phenoxy) is 1. The molecule has 2 rings (SSSR count). The van der Waals surface area contributed by atoms with Gasteiger partial charge in [-0.15, -0.1) is 0 Å². The summed E-state index contributed by atoms with van der Waals surface area (Å²) in [5.74, 6) is 1.23. The molecule has 0 fully saturated rings. The molecular weight excluding hydrogens is 258 g/mol. The van der Waals surface area contributed by atoms with Crippen molar-refractivity contribution in [1.82, 2.24) is 19.7 Å². The number of hydrogen-bond acceptors (Lipinski definition) is 6. The average Bonchev–Trinajstić information content (AvgIpc) is 2.76. The molecule has 0 aliphatic heterocycles. The quantitative estimate of drug-likeness (QED) is 0.808. The van der Waals surface area contributed by atoms with Crippen molar-refractivity contribution in [3.8, 4) is 5.82 Å². The predicted octanol–water partition coefficient (Wildman–Crippen LogP) is 0.698. The minimum atomic E-state index is -0.584. The zero-order valence-electron chi connectivity index (χ0n) is 11.9. The summed E-state index contributed by atoms with van der Waals surface area (Å²) < 4.78 is 6.60. The number of nitrogens with one attached hydrogen (secondary N) is 1. The first-order valence-electron chi connectivity index (χ1n) is 6.36. The van der Waals surface area contributed by atoms with Crippen LogP contribution >= 0.6 is 0 Å². The number of aromatic nitrogens is 4. The summed E-state index contributed by atoms with van der Waals surface area (Å²) >= 11 is 0. The molecule has 2 aromatic heterocycles. The van der Waals surface area contributed by atoms with Crippen LogP contribution in [0.25, 0.3) is 5.82 Å². The summed E-state index contributed by atoms with van der Waals surface area (Å²) in [5.41, 5.74) is 1.92. The van der Waals surface area contributed by atoms with Crippen LogP contribution in [0, 0.1) is 13.8 Å². The van der Waals surface area contributed by atoms with Gasteiger partial charge < -0.3 is 15.2 Å². The van der Waals surface area contributed by atoms with Crippen LogP contribution in [0.2, 0.25) is 0 Å². The smallest absolute Gasteiger partial charge is 0.174 e. The highest BCUT2D eigenvalue weighted by molar-refractivity contribution is 5.36. The van der Waals surface area contributed by atoms with E-state index in [4.69, 9.17) is 4.74 Å². The zero-order chi connectivity index (χ0) is 14.5. The van der Waals surface area contributed by atoms with Crippen LogP contribution in [0.15, 0.2) is 18.5 Å². The third-order valence-corrected chi connectivity index (χ3v) is 2.73. The van der Waals surface area contributed by atoms with Gasteiger partial charge in [-0.2, -0.15) is 5.10 Å². The van der Waals surface area contributed by atoms with Crippen LogP contribution in [0.5, 0.6) is 0 Å². The molecule has 1 atom stereocenters. The number of hydrogen-bond donors (Lipinski definition) is 2. The van der Waals surface area contributed by atoms with E-state index in [0.717, 1.165) is 11.4 Å². The van der Waals surface area contributed by atoms with E-state index < -0.39 is 6.10 Å². The highest BCUT2D eigenvalue weighted by atomic mass is 16.5. The van der Waals surface area contributed by atoms with E-state index in [1.54, 1.807) is 24.2 Å². The van der Waals surface area contributed by atoms with Crippen LogP contribution in [-0.4, -0.2) is 51.2 Å². The van der Waals surface area contributed by atoms with Gasteiger partial charge in [-0.3, -0.25) is 4.98 Å². The van der Waals surface area contributed by atoms with Gasteiger partial charge >= 0.3 is 0 Å². The van der Waals surface area contributed by atoms with Gasteiger partial charge in [0.2, 0.25) is 0 Å². The van der Waals surface area contributed by atoms with Gasteiger partial charge in [0.05, 0.1) is 30.8 Å². The lowest BCUT2D eigenvalue weighted by Crippen LogP contribution is -2.24. The van der Waals surface area contributed by atoms with Gasteiger partial charge in [-0.25, -0.2) is 9.67 Å². The van der Waals surface area contributed by atoms with E-state index >= 15 is 0 Å². The van der Waals surface area contributed by atoms with Gasteiger partial charge in [-0.1, -0.05) is 0 Å². The average molecular weight is 277 g/mol. The van der Waals surface area contributed by atoms with E-state index in [9.17, 15) is 5.11 Å². The van der Waals surface area contributed by atoms with Crippen LogP contribution in [0.1, 0.15) is 11.4 Å². The topological polar surface area (TPSA) is 85.1 Å². The Kier molecular flexibility index (Phi) is 4.65. The molecule has 0 amide bonds. The molecule has 0 saturated heterocycles. The van der Waals surface area contributed by atoms with Crippen molar-refractivity contribution in [2.24, 2.45) is 0 Å². The Labute approximate surface area is 117 Å². The highest BCUT2D eigenvalue weighted by Gasteiger charge is 2.08. The third-order valence-electron chi connectivity index (χ3n) is 2.73. The Bertz CT molecular complexity index is 570. The molecule has 0 bridgehead atoms. The fourth-order valence-electron chi connectivity index (χ4n) is 1.88. The fourth-order valence-corrected chi connectivity index (χ4v) is 1.88. The van der Waals surface area contributed by atoms with Gasteiger partial charge in [0, 0.05) is 19.3 Å². The second-order valence-corrected chi connectivity index (χ2v) is 4.59. The summed E-state index contributed by atoms with van der Waals surface area (Å²) in [4.78, 5) is 8.56. The van der Waals surface area contributed by atoms with Crippen molar-refractivity contribution in [1.29, 1.82) is 0 Å². The number of anilines is 1. The van der Waals surface area contributed by atoms with Crippen LogP contribution in [0.3, 0.4) is 0 Å². The maximum absolute atomic E-state index is 9.59. The monoisotopic (exact) mass is 277 g/mol. The fraction of sp³-hybridized carbons (Fsp3) is 0.462. The Morgan fingerprint density at radius 2 is 2.20 bits per heavy atom. The third kappa shape index (κ3) is 3.52. The largest absolute Gasteiger partial charge is 0.389 e. The molecule has 2 aromatic rings. The number of aryl methyl sites for hydroxylation is 2. The molecule has 2 N–H and O–H groups in total. The lowest BCUT2D eigenvalue weighted by molar-refractivity contribution is 0.0727. The number of nitrogens with zero attached hydrogens (tertiary/aromatic N) is 4. The first-order chi connectivity index (χ1) is 9.60. The lowest BCUT2D eigenvalue weighted by Gasteiger charge is -2.11. The first kappa shape index (κ1) is 14.4. The van der Waals surface area contributed by atoms with E-state index in [1.165, 1.54) is 0 Å². The SMILES string of the molecule is COCC(O)CNc1cncc(-n2nc(C)cc2C)n1. The Morgan fingerprint density at radius 3 is 2.85 bits per heavy atom. The van der Waals surface area contributed by atoms with Crippen molar-refractivity contribution in [3.05, 3.63) is 29.8 Å². The molecule has 0 saturated carbocycles. The summed E-state index contributed by atoms with van der Waals surface area (Å²) in [6.07, 6.45) is 2.67. The van der Waals surface area contributed by atoms with Gasteiger partial charge in [0.15, 0.2) is 5.82 Å². The van der Waals surface area contributed by atoms with Crippen LogP contribution in [0.4, 0.5) is 5.82 Å². The van der Waals surface area contributed by atoms with Crippen molar-refractivity contribution in [3.63, 3.8) is 0 Å². The molecule has 2 heterocycles. The molecule has 0 aromatic carbocycles. The number of rotatable bonds is 6. The summed E-state index contributed by atoms with van der Waals surface area (Å²) in [6, 6.07) is 1.98. The van der Waals surface area contributed by atoms with Crippen molar-refractivity contribution in [2.45, 2.75) is 20.0 Å². The standard InChI is InChI=1S/C13H19N5O2/c1-9-4-10(2)18(17-9)13-7-14-6-12(16-13)15-5-11(19)8-20-3/h4,6-7,11,19H,5,8H2,1-3H3,(H,15,16). The normalized spacial score (nSPS) is 12.4. The Balaban J connectivity index is 2.10. The molecule has 20 heavy (non-hydrogen) atoms. The number of aliphatic hydroxyl groups excluding tert-OH is 1. The van der Waals surface area contributed by atoms with Crippen molar-refractivity contribution in [2.75, 3.05) is 25.6 Å². The molecule has 0 radical (unpaired) electrons. The van der Waals surface area contributed by atoms with Gasteiger partial charge in [-0.05, 0) is 19.9 Å². The van der Waals surface area contributed by atoms with Gasteiger partial charge in [0.1, 0.15) is 5.82 Å². The van der Waals surface area contributed by atoms with Crippen LogP contribution in [-0.2, 0) is 4.74 Å². The second-order valence-electron chi connectivity index (χ2n) is 4.59. The molecule has 7 nitrogen and oxygen atoms in total. The van der Waals surface area contributed by atoms with Crippen molar-refractivity contribution >= 4 is 5.82 Å². The second kappa shape index (κ2) is 6.44. The number of methoxy groups -OCH3 is 1. The van der Waals surface area contributed by atoms with E-state index in [0.29, 0.717) is 18.2 Å². The maximum Gasteiger partial charge on any atom is 0.174 e. The lowest BCUT2D eigenvalue weighted by atomic mass is 10.4.